The fourth-order valence-electron chi connectivity index (χ4n) is 0.756. The Morgan fingerprint density at radius 3 is 2.22 bits per heavy atom. The van der Waals surface area contributed by atoms with E-state index in [0.29, 0.717) is 0 Å². The van der Waals surface area contributed by atoms with Crippen molar-refractivity contribution in [3.63, 3.8) is 0 Å². The Bertz CT molecular complexity index is 54.9. The first-order valence-corrected chi connectivity index (χ1v) is 5.67. The molecule has 0 saturated carbocycles. The minimum absolute atomic E-state index is 0.891. The molecule has 0 aliphatic heterocycles. The molecule has 0 aromatic heterocycles. The van der Waals surface area contributed by atoms with Crippen LogP contribution in [0.15, 0.2) is 0 Å². The van der Waals surface area contributed by atoms with Crippen molar-refractivity contribution < 1.29 is 0 Å². The van der Waals surface area contributed by atoms with Gasteiger partial charge in [-0.2, -0.15) is 0 Å². The largest absolute Gasteiger partial charge is 0.0928 e. The summed E-state index contributed by atoms with van der Waals surface area (Å²) in [6.45, 7) is 2.31. The highest BCUT2D eigenvalue weighted by Crippen LogP contribution is 2.11. The fraction of sp³-hybridized carbons (Fsp3) is 1.00. The number of hydrogen-bond acceptors (Lipinski definition) is 0. The lowest BCUT2D eigenvalue weighted by atomic mass is 10.0. The van der Waals surface area contributed by atoms with Gasteiger partial charge >= 0.3 is 0 Å². The van der Waals surface area contributed by atoms with Gasteiger partial charge < -0.3 is 0 Å². The summed E-state index contributed by atoms with van der Waals surface area (Å²) in [7, 11) is 0. The minimum Gasteiger partial charge on any atom is -0.0928 e. The molecule has 0 aromatic rings. The van der Waals surface area contributed by atoms with Gasteiger partial charge in [0.25, 0.3) is 0 Å². The zero-order valence-corrected chi connectivity index (χ0v) is 9.04. The maximum absolute atomic E-state index is 3.43. The maximum Gasteiger partial charge on any atom is 0.00338 e. The maximum atomic E-state index is 3.43. The Hall–Kier alpha value is 0.960. The van der Waals surface area contributed by atoms with E-state index < -0.39 is 0 Å². The molecule has 1 atom stereocenters. The van der Waals surface area contributed by atoms with E-state index in [9.17, 15) is 0 Å². The summed E-state index contributed by atoms with van der Waals surface area (Å²) in [6.07, 6.45) is 3.98. The van der Waals surface area contributed by atoms with Gasteiger partial charge in [0.05, 0.1) is 0 Å². The van der Waals surface area contributed by atoms with Crippen LogP contribution in [0.2, 0.25) is 0 Å². The molecule has 0 N–H and O–H groups in total. The Balaban J connectivity index is 2.95. The van der Waals surface area contributed by atoms with Crippen LogP contribution >= 0.6 is 31.9 Å². The van der Waals surface area contributed by atoms with Crippen LogP contribution in [0.1, 0.15) is 26.2 Å². The van der Waals surface area contributed by atoms with E-state index in [1.165, 1.54) is 19.3 Å². The highest BCUT2D eigenvalue weighted by atomic mass is 79.9. The quantitative estimate of drug-likeness (QED) is 0.661. The second-order valence-corrected chi connectivity index (χ2v) is 4.00. The molecule has 0 fully saturated rings. The summed E-state index contributed by atoms with van der Waals surface area (Å²) in [5.74, 6) is 0.891. The lowest BCUT2D eigenvalue weighted by Gasteiger charge is -2.06. The van der Waals surface area contributed by atoms with Crippen LogP contribution in [0.3, 0.4) is 0 Å². The van der Waals surface area contributed by atoms with E-state index in [1.807, 2.05) is 0 Å². The predicted molar refractivity (Wildman–Crippen MR) is 50.6 cm³/mol. The predicted octanol–water partition coefficient (Wildman–Crippen LogP) is 3.58. The summed E-state index contributed by atoms with van der Waals surface area (Å²) in [5.41, 5.74) is 0. The van der Waals surface area contributed by atoms with Gasteiger partial charge in [0, 0.05) is 10.7 Å². The summed E-state index contributed by atoms with van der Waals surface area (Å²) in [6, 6.07) is 0. The van der Waals surface area contributed by atoms with Crippen molar-refractivity contribution >= 4 is 31.9 Å². The molecule has 9 heavy (non-hydrogen) atoms. The zero-order valence-electron chi connectivity index (χ0n) is 5.87. The van der Waals surface area contributed by atoms with Crippen LogP contribution in [-0.2, 0) is 0 Å². The molecular weight excluding hydrogens is 244 g/mol. The topological polar surface area (TPSA) is 0 Å². The third-order valence-corrected chi connectivity index (χ3v) is 2.45. The lowest BCUT2D eigenvalue weighted by Crippen LogP contribution is -1.94. The second kappa shape index (κ2) is 7.07. The zero-order chi connectivity index (χ0) is 7.11. The van der Waals surface area contributed by atoms with Crippen LogP contribution in [0.25, 0.3) is 0 Å². The van der Waals surface area contributed by atoms with Crippen LogP contribution in [0.5, 0.6) is 0 Å². The molecule has 0 rings (SSSR count). The molecule has 0 saturated heterocycles. The second-order valence-electron chi connectivity index (χ2n) is 2.41. The fourth-order valence-corrected chi connectivity index (χ4v) is 1.86. The van der Waals surface area contributed by atoms with Gasteiger partial charge in [0.2, 0.25) is 0 Å². The van der Waals surface area contributed by atoms with Crippen molar-refractivity contribution in [1.82, 2.24) is 0 Å². The van der Waals surface area contributed by atoms with Crippen LogP contribution < -0.4 is 0 Å². The minimum atomic E-state index is 0.891. The Morgan fingerprint density at radius 2 is 1.78 bits per heavy atom. The summed E-state index contributed by atoms with van der Waals surface area (Å²) in [4.78, 5) is 0. The average molecular weight is 258 g/mol. The smallest absolute Gasteiger partial charge is 0.00338 e. The summed E-state index contributed by atoms with van der Waals surface area (Å²) in [5, 5.41) is 2.30. The highest BCUT2D eigenvalue weighted by Gasteiger charge is 1.98. The third-order valence-electron chi connectivity index (χ3n) is 1.43. The summed E-state index contributed by atoms with van der Waals surface area (Å²) < 4.78 is 0. The molecule has 0 unspecified atom stereocenters. The number of hydrogen-bond donors (Lipinski definition) is 0. The van der Waals surface area contributed by atoms with E-state index >= 15 is 0 Å². The molecule has 2 heteroatoms. The van der Waals surface area contributed by atoms with E-state index in [2.05, 4.69) is 38.8 Å². The monoisotopic (exact) mass is 256 g/mol. The Labute approximate surface area is 74.7 Å². The van der Waals surface area contributed by atoms with E-state index in [0.717, 1.165) is 16.6 Å². The number of alkyl halides is 2. The first-order chi connectivity index (χ1) is 4.31. The lowest BCUT2D eigenvalue weighted by molar-refractivity contribution is 0.517. The molecule has 56 valence electrons. The SMILES string of the molecule is C[C@@H](CCBr)CCCBr. The normalized spacial score (nSPS) is 13.7. The van der Waals surface area contributed by atoms with Crippen molar-refractivity contribution in [2.24, 2.45) is 5.92 Å². The van der Waals surface area contributed by atoms with Crippen molar-refractivity contribution in [3.05, 3.63) is 0 Å². The molecule has 0 aliphatic rings. The summed E-state index contributed by atoms with van der Waals surface area (Å²) >= 11 is 6.85. The van der Waals surface area contributed by atoms with Gasteiger partial charge in [-0.05, 0) is 25.2 Å². The first kappa shape index (κ1) is 9.96. The van der Waals surface area contributed by atoms with E-state index in [1.54, 1.807) is 0 Å². The molecular formula is C7H14Br2. The van der Waals surface area contributed by atoms with Crippen molar-refractivity contribution in [2.75, 3.05) is 10.7 Å². The third kappa shape index (κ3) is 6.85. The van der Waals surface area contributed by atoms with Crippen LogP contribution in [0.4, 0.5) is 0 Å². The van der Waals surface area contributed by atoms with Crippen molar-refractivity contribution in [2.45, 2.75) is 26.2 Å². The van der Waals surface area contributed by atoms with Gasteiger partial charge in [-0.15, -0.1) is 0 Å². The van der Waals surface area contributed by atoms with Gasteiger partial charge in [-0.3, -0.25) is 0 Å². The molecule has 0 nitrogen and oxygen atoms in total. The van der Waals surface area contributed by atoms with Gasteiger partial charge in [-0.1, -0.05) is 38.8 Å². The Morgan fingerprint density at radius 1 is 1.11 bits per heavy atom. The first-order valence-electron chi connectivity index (χ1n) is 3.43. The molecule has 0 aromatic carbocycles. The molecule has 0 amide bonds. The van der Waals surface area contributed by atoms with Gasteiger partial charge in [0.1, 0.15) is 0 Å². The van der Waals surface area contributed by atoms with E-state index in [4.69, 9.17) is 0 Å². The highest BCUT2D eigenvalue weighted by molar-refractivity contribution is 9.09. The average Bonchev–Trinajstić information content (AvgIpc) is 1.85. The van der Waals surface area contributed by atoms with Crippen LogP contribution in [0, 0.1) is 5.92 Å². The van der Waals surface area contributed by atoms with Gasteiger partial charge in [0.15, 0.2) is 0 Å². The molecule has 0 aliphatic carbocycles. The number of rotatable bonds is 5. The number of halogens is 2. The molecule has 0 bridgehead atoms. The Kier molecular flexibility index (Phi) is 7.83. The standard InChI is InChI=1S/C7H14Br2/c1-7(4-6-9)3-2-5-8/h7H,2-6H2,1H3/t7-/m1/s1. The molecule has 0 radical (unpaired) electrons. The van der Waals surface area contributed by atoms with Gasteiger partial charge in [-0.25, -0.2) is 0 Å². The van der Waals surface area contributed by atoms with E-state index in [-0.39, 0.29) is 0 Å². The molecule has 0 heterocycles. The molecule has 0 spiro atoms. The van der Waals surface area contributed by atoms with Crippen LogP contribution in [-0.4, -0.2) is 10.7 Å². The van der Waals surface area contributed by atoms with Crippen molar-refractivity contribution in [1.29, 1.82) is 0 Å². The van der Waals surface area contributed by atoms with Crippen molar-refractivity contribution in [3.8, 4) is 0 Å².